The average molecular weight is 282 g/mol. The van der Waals surface area contributed by atoms with Crippen molar-refractivity contribution in [1.29, 1.82) is 0 Å². The number of aromatic nitrogens is 1. The Hall–Kier alpha value is -0.960. The Morgan fingerprint density at radius 1 is 1.12 bits per heavy atom. The highest BCUT2D eigenvalue weighted by Gasteiger charge is 2.09. The van der Waals surface area contributed by atoms with Gasteiger partial charge in [-0.2, -0.15) is 0 Å². The van der Waals surface area contributed by atoms with Crippen molar-refractivity contribution in [3.05, 3.63) is 45.3 Å². The van der Waals surface area contributed by atoms with E-state index in [-0.39, 0.29) is 0 Å². The molecule has 0 radical (unpaired) electrons. The van der Waals surface area contributed by atoms with Crippen LogP contribution in [0.15, 0.2) is 30.3 Å². The number of aromatic amines is 1. The smallest absolute Gasteiger partial charge is 0.0935 e. The van der Waals surface area contributed by atoms with Crippen LogP contribution < -0.4 is 0 Å². The third kappa shape index (κ3) is 1.86. The summed E-state index contributed by atoms with van der Waals surface area (Å²) in [5, 5.41) is 1.84. The summed E-state index contributed by atoms with van der Waals surface area (Å²) in [7, 11) is 0. The molecule has 0 atom stereocenters. The number of fused-ring (bicyclic) bond motifs is 1. The molecule has 0 aliphatic heterocycles. The lowest BCUT2D eigenvalue weighted by atomic mass is 10.2. The van der Waals surface area contributed by atoms with Crippen molar-refractivity contribution in [1.82, 2.24) is 4.98 Å². The normalized spacial score (nSPS) is 11.2. The summed E-state index contributed by atoms with van der Waals surface area (Å²) >= 11 is 13.7. The summed E-state index contributed by atoms with van der Waals surface area (Å²) in [6.07, 6.45) is 0. The maximum atomic E-state index is 6.19. The summed E-state index contributed by atoms with van der Waals surface area (Å²) in [4.78, 5) is 4.53. The van der Waals surface area contributed by atoms with Crippen LogP contribution in [0.5, 0.6) is 0 Å². The highest BCUT2D eigenvalue weighted by atomic mass is 35.5. The van der Waals surface area contributed by atoms with Crippen LogP contribution in [-0.2, 0) is 0 Å². The zero-order chi connectivity index (χ0) is 12.0. The number of benzene rings is 1. The lowest BCUT2D eigenvalue weighted by molar-refractivity contribution is 1.42. The molecule has 0 aliphatic rings. The summed E-state index contributed by atoms with van der Waals surface area (Å²) in [6, 6.07) is 9.94. The average Bonchev–Trinajstić information content (AvgIpc) is 2.90. The molecule has 3 rings (SSSR count). The van der Waals surface area contributed by atoms with E-state index in [1.165, 1.54) is 5.56 Å². The summed E-state index contributed by atoms with van der Waals surface area (Å²) < 4.78 is 0.793. The molecule has 2 heterocycles. The molecular weight excluding hydrogens is 273 g/mol. The Morgan fingerprint density at radius 3 is 2.59 bits per heavy atom. The van der Waals surface area contributed by atoms with Gasteiger partial charge in [0.05, 0.1) is 20.4 Å². The highest BCUT2D eigenvalue weighted by molar-refractivity contribution is 7.19. The van der Waals surface area contributed by atoms with E-state index in [1.54, 1.807) is 11.3 Å². The van der Waals surface area contributed by atoms with E-state index in [1.807, 2.05) is 24.3 Å². The molecule has 0 saturated carbocycles. The predicted molar refractivity (Wildman–Crippen MR) is 76.4 cm³/mol. The van der Waals surface area contributed by atoms with Crippen LogP contribution in [0.4, 0.5) is 0 Å². The van der Waals surface area contributed by atoms with E-state index in [9.17, 15) is 0 Å². The first-order valence-electron chi connectivity index (χ1n) is 5.18. The second-order valence-corrected chi connectivity index (χ2v) is 6.06. The second-order valence-electron chi connectivity index (χ2n) is 3.94. The molecule has 0 spiro atoms. The number of aryl methyl sites for hydroxylation is 1. The number of hydrogen-bond donors (Lipinski definition) is 1. The Bertz CT molecular complexity index is 658. The zero-order valence-electron chi connectivity index (χ0n) is 9.05. The molecule has 1 nitrogen and oxygen atoms in total. The molecule has 0 fully saturated rings. The SMILES string of the molecule is Cc1ccc(Cl)c2cc(-c3ccc(Cl)s3)[nH]c12. The van der Waals surface area contributed by atoms with Gasteiger partial charge in [-0.3, -0.25) is 0 Å². The molecule has 1 N–H and O–H groups in total. The van der Waals surface area contributed by atoms with Gasteiger partial charge >= 0.3 is 0 Å². The Labute approximate surface area is 113 Å². The number of hydrogen-bond acceptors (Lipinski definition) is 1. The lowest BCUT2D eigenvalue weighted by Crippen LogP contribution is -1.76. The van der Waals surface area contributed by atoms with Gasteiger partial charge < -0.3 is 4.98 Å². The Kier molecular flexibility index (Phi) is 2.66. The molecular formula is C13H9Cl2NS. The molecule has 17 heavy (non-hydrogen) atoms. The van der Waals surface area contributed by atoms with Gasteiger partial charge in [0.2, 0.25) is 0 Å². The minimum absolute atomic E-state index is 0.774. The first-order chi connectivity index (χ1) is 8.15. The van der Waals surface area contributed by atoms with Crippen molar-refractivity contribution < 1.29 is 0 Å². The van der Waals surface area contributed by atoms with E-state index < -0.39 is 0 Å². The van der Waals surface area contributed by atoms with Crippen LogP contribution >= 0.6 is 34.5 Å². The van der Waals surface area contributed by atoms with Crippen molar-refractivity contribution in [2.45, 2.75) is 6.92 Å². The predicted octanol–water partition coefficient (Wildman–Crippen LogP) is 5.51. The molecule has 1 aromatic carbocycles. The third-order valence-electron chi connectivity index (χ3n) is 2.79. The molecule has 86 valence electrons. The van der Waals surface area contributed by atoms with Gasteiger partial charge in [0, 0.05) is 10.4 Å². The van der Waals surface area contributed by atoms with Crippen LogP contribution in [0.25, 0.3) is 21.5 Å². The van der Waals surface area contributed by atoms with Crippen molar-refractivity contribution in [2.75, 3.05) is 0 Å². The standard InChI is InChI=1S/C13H9Cl2NS/c1-7-2-3-9(14)8-6-10(16-13(7)8)11-4-5-12(15)17-11/h2-6,16H,1H3. The number of nitrogens with one attached hydrogen (secondary N) is 1. The first-order valence-corrected chi connectivity index (χ1v) is 6.76. The molecule has 0 amide bonds. The van der Waals surface area contributed by atoms with Crippen LogP contribution in [0.1, 0.15) is 5.56 Å². The maximum absolute atomic E-state index is 6.19. The molecule has 0 saturated heterocycles. The van der Waals surface area contributed by atoms with Gasteiger partial charge in [-0.15, -0.1) is 11.3 Å². The van der Waals surface area contributed by atoms with E-state index in [4.69, 9.17) is 23.2 Å². The molecule has 0 unspecified atom stereocenters. The molecule has 3 aromatic rings. The largest absolute Gasteiger partial charge is 0.354 e. The number of thiophene rings is 1. The summed E-state index contributed by atoms with van der Waals surface area (Å²) in [5.74, 6) is 0. The molecule has 2 aromatic heterocycles. The van der Waals surface area contributed by atoms with Crippen LogP contribution in [0, 0.1) is 6.92 Å². The van der Waals surface area contributed by atoms with Gasteiger partial charge in [-0.1, -0.05) is 29.3 Å². The van der Waals surface area contributed by atoms with Crippen LogP contribution in [0.2, 0.25) is 9.36 Å². The van der Waals surface area contributed by atoms with Crippen molar-refractivity contribution in [3.8, 4) is 10.6 Å². The summed E-state index contributed by atoms with van der Waals surface area (Å²) in [5.41, 5.74) is 3.35. The fourth-order valence-corrected chi connectivity index (χ4v) is 3.14. The van der Waals surface area contributed by atoms with Crippen molar-refractivity contribution in [3.63, 3.8) is 0 Å². The lowest BCUT2D eigenvalue weighted by Gasteiger charge is -1.96. The maximum Gasteiger partial charge on any atom is 0.0935 e. The number of rotatable bonds is 1. The van der Waals surface area contributed by atoms with E-state index in [0.717, 1.165) is 30.8 Å². The quantitative estimate of drug-likeness (QED) is 0.605. The van der Waals surface area contributed by atoms with E-state index in [2.05, 4.69) is 18.0 Å². The fourth-order valence-electron chi connectivity index (χ4n) is 1.92. The van der Waals surface area contributed by atoms with Gasteiger partial charge in [0.1, 0.15) is 0 Å². The highest BCUT2D eigenvalue weighted by Crippen LogP contribution is 2.35. The van der Waals surface area contributed by atoms with E-state index in [0.29, 0.717) is 0 Å². The van der Waals surface area contributed by atoms with Gasteiger partial charge in [0.15, 0.2) is 0 Å². The van der Waals surface area contributed by atoms with Crippen LogP contribution in [0.3, 0.4) is 0 Å². The molecule has 0 bridgehead atoms. The Balaban J connectivity index is 2.26. The summed E-state index contributed by atoms with van der Waals surface area (Å²) in [6.45, 7) is 2.07. The minimum Gasteiger partial charge on any atom is -0.354 e. The third-order valence-corrected chi connectivity index (χ3v) is 4.38. The van der Waals surface area contributed by atoms with Gasteiger partial charge in [0.25, 0.3) is 0 Å². The molecule has 4 heteroatoms. The monoisotopic (exact) mass is 281 g/mol. The fraction of sp³-hybridized carbons (Fsp3) is 0.0769. The topological polar surface area (TPSA) is 15.8 Å². The number of halogens is 2. The number of H-pyrrole nitrogens is 1. The van der Waals surface area contributed by atoms with Gasteiger partial charge in [-0.05, 0) is 36.8 Å². The van der Waals surface area contributed by atoms with Crippen LogP contribution in [-0.4, -0.2) is 4.98 Å². The minimum atomic E-state index is 0.774. The zero-order valence-corrected chi connectivity index (χ0v) is 11.4. The first kappa shape index (κ1) is 11.1. The van der Waals surface area contributed by atoms with Gasteiger partial charge in [-0.25, -0.2) is 0 Å². The molecule has 0 aliphatic carbocycles. The Morgan fingerprint density at radius 2 is 1.94 bits per heavy atom. The van der Waals surface area contributed by atoms with Crippen molar-refractivity contribution in [2.24, 2.45) is 0 Å². The van der Waals surface area contributed by atoms with Crippen molar-refractivity contribution >= 4 is 45.4 Å². The van der Waals surface area contributed by atoms with E-state index >= 15 is 0 Å². The second kappa shape index (κ2) is 4.05.